The Bertz CT molecular complexity index is 242. The van der Waals surface area contributed by atoms with Gasteiger partial charge in [0.25, 0.3) is 0 Å². The number of rotatable bonds is 2. The summed E-state index contributed by atoms with van der Waals surface area (Å²) in [6.45, 7) is 3.99. The summed E-state index contributed by atoms with van der Waals surface area (Å²) in [4.78, 5) is 9.91. The third-order valence-electron chi connectivity index (χ3n) is 1.45. The smallest absolute Gasteiger partial charge is 0.309 e. The fourth-order valence-electron chi connectivity index (χ4n) is 0.673. The van der Waals surface area contributed by atoms with Crippen molar-refractivity contribution in [1.82, 2.24) is 0 Å². The summed E-state index contributed by atoms with van der Waals surface area (Å²) in [5.74, 6) is 0. The number of aryl methyl sites for hydroxylation is 1. The van der Waals surface area contributed by atoms with Gasteiger partial charge < -0.3 is 5.32 Å². The quantitative estimate of drug-likeness (QED) is 0.647. The van der Waals surface area contributed by atoms with Crippen LogP contribution >= 0.6 is 11.3 Å². The van der Waals surface area contributed by atoms with Gasteiger partial charge >= 0.3 is 6.41 Å². The van der Waals surface area contributed by atoms with E-state index in [4.69, 9.17) is 0 Å². The molecule has 1 rings (SSSR count). The monoisotopic (exact) mass is 154 g/mol. The highest BCUT2D eigenvalue weighted by atomic mass is 32.1. The van der Waals surface area contributed by atoms with Crippen LogP contribution in [0.4, 0.5) is 5.00 Å². The summed E-state index contributed by atoms with van der Waals surface area (Å²) in [6.07, 6.45) is 1.65. The Balaban J connectivity index is 2.93. The highest BCUT2D eigenvalue weighted by molar-refractivity contribution is 7.14. The standard InChI is InChI=1S/C7H8NOS/c1-5-3-10-7(6(5)2)8-4-9/h3H,1-2H3,(H,8,9). The molecule has 1 radical (unpaired) electrons. The van der Waals surface area contributed by atoms with Gasteiger partial charge in [-0.15, -0.1) is 11.3 Å². The maximum Gasteiger partial charge on any atom is 0.314 e. The summed E-state index contributed by atoms with van der Waals surface area (Å²) < 4.78 is 0. The lowest BCUT2D eigenvalue weighted by Gasteiger charge is -1.93. The van der Waals surface area contributed by atoms with Crippen LogP contribution in [0.5, 0.6) is 0 Å². The van der Waals surface area contributed by atoms with Gasteiger partial charge in [-0.1, -0.05) is 0 Å². The summed E-state index contributed by atoms with van der Waals surface area (Å²) in [6, 6.07) is 0. The van der Waals surface area contributed by atoms with Gasteiger partial charge in [-0.25, -0.2) is 0 Å². The van der Waals surface area contributed by atoms with Crippen molar-refractivity contribution in [3.8, 4) is 0 Å². The number of hydrogen-bond donors (Lipinski definition) is 1. The molecule has 3 heteroatoms. The Kier molecular flexibility index (Phi) is 2.06. The normalized spacial score (nSPS) is 9.40. The lowest BCUT2D eigenvalue weighted by atomic mass is 10.2. The van der Waals surface area contributed by atoms with Crippen molar-refractivity contribution >= 4 is 22.7 Å². The van der Waals surface area contributed by atoms with Gasteiger partial charge in [0.15, 0.2) is 0 Å². The molecule has 0 saturated carbocycles. The Labute approximate surface area is 63.9 Å². The predicted octanol–water partition coefficient (Wildman–Crippen LogP) is 1.84. The molecule has 1 amide bonds. The molecule has 0 fully saturated rings. The second-order valence-corrected chi connectivity index (χ2v) is 2.98. The minimum atomic E-state index is 0.896. The van der Waals surface area contributed by atoms with Gasteiger partial charge in [-0.05, 0) is 30.4 Å². The van der Waals surface area contributed by atoms with Crippen molar-refractivity contribution in [3.63, 3.8) is 0 Å². The molecule has 10 heavy (non-hydrogen) atoms. The molecule has 0 atom stereocenters. The first-order valence-corrected chi connectivity index (χ1v) is 3.81. The number of carbonyl (C=O) groups excluding carboxylic acids is 1. The first-order valence-electron chi connectivity index (χ1n) is 2.93. The molecule has 2 nitrogen and oxygen atoms in total. The van der Waals surface area contributed by atoms with E-state index in [1.807, 2.05) is 19.2 Å². The highest BCUT2D eigenvalue weighted by Crippen LogP contribution is 2.25. The van der Waals surface area contributed by atoms with E-state index in [1.165, 1.54) is 16.9 Å². The van der Waals surface area contributed by atoms with Crippen molar-refractivity contribution in [2.45, 2.75) is 13.8 Å². The van der Waals surface area contributed by atoms with E-state index in [1.54, 1.807) is 6.41 Å². The van der Waals surface area contributed by atoms with Crippen LogP contribution in [0.3, 0.4) is 0 Å². The molecule has 0 spiro atoms. The first kappa shape index (κ1) is 7.28. The van der Waals surface area contributed by atoms with Crippen LogP contribution < -0.4 is 5.32 Å². The zero-order valence-electron chi connectivity index (χ0n) is 5.89. The van der Waals surface area contributed by atoms with E-state index in [9.17, 15) is 4.79 Å². The Hall–Kier alpha value is -0.830. The molecule has 1 heterocycles. The van der Waals surface area contributed by atoms with E-state index in [-0.39, 0.29) is 0 Å². The second-order valence-electron chi connectivity index (χ2n) is 2.10. The topological polar surface area (TPSA) is 29.1 Å². The van der Waals surface area contributed by atoms with Crippen molar-refractivity contribution in [1.29, 1.82) is 0 Å². The molecular formula is C7H8NOS. The molecule has 1 aromatic heterocycles. The molecule has 0 unspecified atom stereocenters. The fraction of sp³-hybridized carbons (Fsp3) is 0.286. The van der Waals surface area contributed by atoms with Gasteiger partial charge in [0.1, 0.15) is 0 Å². The van der Waals surface area contributed by atoms with Crippen molar-refractivity contribution in [3.05, 3.63) is 16.5 Å². The maximum atomic E-state index is 9.91. The van der Waals surface area contributed by atoms with Gasteiger partial charge in [-0.2, -0.15) is 0 Å². The van der Waals surface area contributed by atoms with Crippen LogP contribution in [0.15, 0.2) is 5.38 Å². The van der Waals surface area contributed by atoms with Crippen molar-refractivity contribution in [2.75, 3.05) is 5.32 Å². The summed E-state index contributed by atoms with van der Waals surface area (Å²) >= 11 is 1.53. The third-order valence-corrected chi connectivity index (χ3v) is 2.57. The SMILES string of the molecule is Cc1csc(N[C]=O)c1C. The number of thiophene rings is 1. The lowest BCUT2D eigenvalue weighted by molar-refractivity contribution is 0.561. The van der Waals surface area contributed by atoms with Gasteiger partial charge in [0.2, 0.25) is 0 Å². The third kappa shape index (κ3) is 1.19. The molecule has 1 N–H and O–H groups in total. The molecule has 0 aliphatic carbocycles. The predicted molar refractivity (Wildman–Crippen MR) is 43.1 cm³/mol. The first-order chi connectivity index (χ1) is 4.75. The zero-order valence-corrected chi connectivity index (χ0v) is 6.71. The second kappa shape index (κ2) is 2.84. The highest BCUT2D eigenvalue weighted by Gasteiger charge is 2.01. The van der Waals surface area contributed by atoms with E-state index in [2.05, 4.69) is 5.32 Å². The van der Waals surface area contributed by atoms with Crippen LogP contribution in [0, 0.1) is 13.8 Å². The minimum absolute atomic E-state index is 0.896. The number of nitrogens with one attached hydrogen (secondary N) is 1. The van der Waals surface area contributed by atoms with Crippen LogP contribution in [-0.2, 0) is 4.79 Å². The van der Waals surface area contributed by atoms with E-state index >= 15 is 0 Å². The van der Waals surface area contributed by atoms with Crippen LogP contribution in [0.25, 0.3) is 0 Å². The number of amides is 1. The molecule has 0 aliphatic rings. The van der Waals surface area contributed by atoms with Crippen molar-refractivity contribution < 1.29 is 4.79 Å². The lowest BCUT2D eigenvalue weighted by Crippen LogP contribution is -1.91. The van der Waals surface area contributed by atoms with E-state index in [0.29, 0.717) is 0 Å². The largest absolute Gasteiger partial charge is 0.314 e. The van der Waals surface area contributed by atoms with Gasteiger partial charge in [-0.3, -0.25) is 4.79 Å². The molecule has 53 valence electrons. The summed E-state index contributed by atoms with van der Waals surface area (Å²) in [7, 11) is 0. The maximum absolute atomic E-state index is 9.91. The van der Waals surface area contributed by atoms with E-state index < -0.39 is 0 Å². The molecule has 0 aromatic carbocycles. The van der Waals surface area contributed by atoms with Gasteiger partial charge in [0.05, 0.1) is 5.00 Å². The van der Waals surface area contributed by atoms with Crippen LogP contribution in [0.1, 0.15) is 11.1 Å². The number of hydrogen-bond acceptors (Lipinski definition) is 2. The van der Waals surface area contributed by atoms with Crippen molar-refractivity contribution in [2.24, 2.45) is 0 Å². The van der Waals surface area contributed by atoms with Crippen LogP contribution in [0.2, 0.25) is 0 Å². The number of anilines is 1. The minimum Gasteiger partial charge on any atom is -0.309 e. The Morgan fingerprint density at radius 1 is 1.60 bits per heavy atom. The fourth-order valence-corrected chi connectivity index (χ4v) is 1.58. The summed E-state index contributed by atoms with van der Waals surface area (Å²) in [5.41, 5.74) is 2.34. The average molecular weight is 154 g/mol. The molecule has 0 aliphatic heterocycles. The zero-order chi connectivity index (χ0) is 7.56. The average Bonchev–Trinajstić information content (AvgIpc) is 2.20. The Morgan fingerprint density at radius 3 is 2.70 bits per heavy atom. The molecular weight excluding hydrogens is 146 g/mol. The molecule has 0 saturated heterocycles. The Morgan fingerprint density at radius 2 is 2.30 bits per heavy atom. The summed E-state index contributed by atoms with van der Waals surface area (Å²) in [5, 5.41) is 5.41. The van der Waals surface area contributed by atoms with Crippen LogP contribution in [-0.4, -0.2) is 6.41 Å². The molecule has 1 aromatic rings. The molecule has 0 bridgehead atoms. The van der Waals surface area contributed by atoms with Gasteiger partial charge in [0, 0.05) is 0 Å². The van der Waals surface area contributed by atoms with E-state index in [0.717, 1.165) is 10.6 Å².